The van der Waals surface area contributed by atoms with Gasteiger partial charge in [-0.1, -0.05) is 19.9 Å². The van der Waals surface area contributed by atoms with Gasteiger partial charge in [-0.05, 0) is 24.6 Å². The van der Waals surface area contributed by atoms with Crippen LogP contribution in [0.2, 0.25) is 0 Å². The summed E-state index contributed by atoms with van der Waals surface area (Å²) in [7, 11) is 1.61. The highest BCUT2D eigenvalue weighted by atomic mass is 16.5. The van der Waals surface area contributed by atoms with Crippen LogP contribution in [0.1, 0.15) is 19.4 Å². The number of carbonyl (C=O) groups is 2. The second-order valence-electron chi connectivity index (χ2n) is 5.39. The first-order valence-electron chi connectivity index (χ1n) is 7.35. The fourth-order valence-corrected chi connectivity index (χ4v) is 1.69. The van der Waals surface area contributed by atoms with Gasteiger partial charge in [0.25, 0.3) is 0 Å². The highest BCUT2D eigenvalue weighted by Gasteiger charge is 2.09. The van der Waals surface area contributed by atoms with Crippen molar-refractivity contribution in [2.24, 2.45) is 5.92 Å². The molecule has 0 bridgehead atoms. The van der Waals surface area contributed by atoms with Gasteiger partial charge in [0, 0.05) is 30.9 Å². The maximum atomic E-state index is 11.9. The minimum absolute atomic E-state index is 0.0534. The highest BCUT2D eigenvalue weighted by molar-refractivity contribution is 5.96. The Morgan fingerprint density at radius 1 is 1.23 bits per heavy atom. The number of rotatable bonds is 8. The molecule has 122 valence electrons. The summed E-state index contributed by atoms with van der Waals surface area (Å²) in [6.45, 7) is 6.96. The Kier molecular flexibility index (Phi) is 7.56. The fourth-order valence-electron chi connectivity index (χ4n) is 1.69. The minimum Gasteiger partial charge on any atom is -0.383 e. The molecule has 3 N–H and O–H groups in total. The molecule has 2 amide bonds. The van der Waals surface area contributed by atoms with E-state index in [1.165, 1.54) is 0 Å². The lowest BCUT2D eigenvalue weighted by atomic mass is 10.1. The van der Waals surface area contributed by atoms with Crippen LogP contribution in [0.15, 0.2) is 18.2 Å². The standard InChI is InChI=1S/C16H25N3O3/c1-11(2)16(21)18-13-6-5-12(3)14(9-13)19-15(20)10-17-7-8-22-4/h5-6,9,11,17H,7-8,10H2,1-4H3,(H,18,21)(H,19,20). The van der Waals surface area contributed by atoms with Crippen LogP contribution < -0.4 is 16.0 Å². The fraction of sp³-hybridized carbons (Fsp3) is 0.500. The number of hydrogen-bond acceptors (Lipinski definition) is 4. The van der Waals surface area contributed by atoms with E-state index in [1.807, 2.05) is 32.9 Å². The molecule has 0 radical (unpaired) electrons. The van der Waals surface area contributed by atoms with Crippen molar-refractivity contribution in [1.82, 2.24) is 5.32 Å². The molecule has 0 heterocycles. The van der Waals surface area contributed by atoms with Crippen LogP contribution in [-0.4, -0.2) is 38.6 Å². The van der Waals surface area contributed by atoms with Gasteiger partial charge < -0.3 is 20.7 Å². The maximum Gasteiger partial charge on any atom is 0.238 e. The van der Waals surface area contributed by atoms with E-state index >= 15 is 0 Å². The molecule has 1 aromatic carbocycles. The van der Waals surface area contributed by atoms with Crippen LogP contribution in [0.5, 0.6) is 0 Å². The first-order valence-corrected chi connectivity index (χ1v) is 7.35. The number of nitrogens with one attached hydrogen (secondary N) is 3. The number of hydrogen-bond donors (Lipinski definition) is 3. The van der Waals surface area contributed by atoms with Gasteiger partial charge in [-0.2, -0.15) is 0 Å². The van der Waals surface area contributed by atoms with Crippen molar-refractivity contribution in [3.05, 3.63) is 23.8 Å². The van der Waals surface area contributed by atoms with Gasteiger partial charge in [-0.15, -0.1) is 0 Å². The summed E-state index contributed by atoms with van der Waals surface area (Å²) in [5.74, 6) is -0.279. The number of methoxy groups -OCH3 is 1. The maximum absolute atomic E-state index is 11.9. The Bertz CT molecular complexity index is 515. The zero-order chi connectivity index (χ0) is 16.5. The van der Waals surface area contributed by atoms with Crippen LogP contribution in [0.3, 0.4) is 0 Å². The lowest BCUT2D eigenvalue weighted by Gasteiger charge is -2.13. The van der Waals surface area contributed by atoms with Crippen molar-refractivity contribution in [3.8, 4) is 0 Å². The molecule has 6 nitrogen and oxygen atoms in total. The highest BCUT2D eigenvalue weighted by Crippen LogP contribution is 2.20. The van der Waals surface area contributed by atoms with Gasteiger partial charge in [-0.3, -0.25) is 9.59 Å². The largest absolute Gasteiger partial charge is 0.383 e. The van der Waals surface area contributed by atoms with Crippen LogP contribution in [0, 0.1) is 12.8 Å². The van der Waals surface area contributed by atoms with E-state index < -0.39 is 0 Å². The van der Waals surface area contributed by atoms with E-state index in [4.69, 9.17) is 4.74 Å². The van der Waals surface area contributed by atoms with Crippen LogP contribution in [0.4, 0.5) is 11.4 Å². The molecule has 0 fully saturated rings. The number of aryl methyl sites for hydroxylation is 1. The Morgan fingerprint density at radius 2 is 1.95 bits per heavy atom. The van der Waals surface area contributed by atoms with Gasteiger partial charge in [-0.25, -0.2) is 0 Å². The normalized spacial score (nSPS) is 10.6. The first-order chi connectivity index (χ1) is 10.4. The zero-order valence-corrected chi connectivity index (χ0v) is 13.7. The van der Waals surface area contributed by atoms with Crippen molar-refractivity contribution >= 4 is 23.2 Å². The third kappa shape index (κ3) is 6.24. The molecule has 0 saturated heterocycles. The molecule has 0 spiro atoms. The second kappa shape index (κ2) is 9.17. The van der Waals surface area contributed by atoms with Crippen LogP contribution >= 0.6 is 0 Å². The molecule has 1 aromatic rings. The Balaban J connectivity index is 2.62. The van der Waals surface area contributed by atoms with Crippen molar-refractivity contribution in [2.45, 2.75) is 20.8 Å². The monoisotopic (exact) mass is 307 g/mol. The molecule has 6 heteroatoms. The third-order valence-electron chi connectivity index (χ3n) is 3.07. The number of benzene rings is 1. The van der Waals surface area contributed by atoms with E-state index in [0.29, 0.717) is 24.5 Å². The van der Waals surface area contributed by atoms with Crippen molar-refractivity contribution < 1.29 is 14.3 Å². The predicted molar refractivity (Wildman–Crippen MR) is 88.0 cm³/mol. The van der Waals surface area contributed by atoms with Crippen LogP contribution in [0.25, 0.3) is 0 Å². The summed E-state index contributed by atoms with van der Waals surface area (Å²) in [4.78, 5) is 23.6. The molecule has 0 aliphatic carbocycles. The average Bonchev–Trinajstić information content (AvgIpc) is 2.47. The molecule has 0 aliphatic rings. The molecule has 22 heavy (non-hydrogen) atoms. The Labute approximate surface area is 131 Å². The number of ether oxygens (including phenoxy) is 1. The van der Waals surface area contributed by atoms with Crippen LogP contribution in [-0.2, 0) is 14.3 Å². The molecule has 0 saturated carbocycles. The van der Waals surface area contributed by atoms with E-state index in [1.54, 1.807) is 13.2 Å². The third-order valence-corrected chi connectivity index (χ3v) is 3.07. The first kappa shape index (κ1) is 18.1. The molecule has 0 atom stereocenters. The van der Waals surface area contributed by atoms with Crippen molar-refractivity contribution in [2.75, 3.05) is 37.4 Å². The summed E-state index contributed by atoms with van der Waals surface area (Å²) >= 11 is 0. The van der Waals surface area contributed by atoms with Crippen molar-refractivity contribution in [1.29, 1.82) is 0 Å². The lowest BCUT2D eigenvalue weighted by molar-refractivity contribution is -0.119. The van der Waals surface area contributed by atoms with Gasteiger partial charge >= 0.3 is 0 Å². The van der Waals surface area contributed by atoms with E-state index in [2.05, 4.69) is 16.0 Å². The predicted octanol–water partition coefficient (Wildman–Crippen LogP) is 1.76. The topological polar surface area (TPSA) is 79.5 Å². The van der Waals surface area contributed by atoms with Gasteiger partial charge in [0.1, 0.15) is 0 Å². The Morgan fingerprint density at radius 3 is 2.59 bits per heavy atom. The number of carbonyl (C=O) groups excluding carboxylic acids is 2. The number of anilines is 2. The molecule has 0 aromatic heterocycles. The summed E-state index contributed by atoms with van der Waals surface area (Å²) in [6, 6.07) is 5.45. The number of amides is 2. The summed E-state index contributed by atoms with van der Waals surface area (Å²) in [5, 5.41) is 8.64. The molecule has 0 aliphatic heterocycles. The quantitative estimate of drug-likeness (QED) is 0.639. The zero-order valence-electron chi connectivity index (χ0n) is 13.7. The average molecular weight is 307 g/mol. The SMILES string of the molecule is COCCNCC(=O)Nc1cc(NC(=O)C(C)C)ccc1C. The van der Waals surface area contributed by atoms with Gasteiger partial charge in [0.15, 0.2) is 0 Å². The minimum atomic E-state index is -0.133. The van der Waals surface area contributed by atoms with E-state index in [9.17, 15) is 9.59 Å². The summed E-state index contributed by atoms with van der Waals surface area (Å²) in [6.07, 6.45) is 0. The molecule has 1 rings (SSSR count). The second-order valence-corrected chi connectivity index (χ2v) is 5.39. The molecular weight excluding hydrogens is 282 g/mol. The van der Waals surface area contributed by atoms with E-state index in [-0.39, 0.29) is 24.3 Å². The van der Waals surface area contributed by atoms with E-state index in [0.717, 1.165) is 5.56 Å². The smallest absolute Gasteiger partial charge is 0.238 e. The molecular formula is C16H25N3O3. The summed E-state index contributed by atoms with van der Waals surface area (Å²) < 4.78 is 4.90. The van der Waals surface area contributed by atoms with Crippen molar-refractivity contribution in [3.63, 3.8) is 0 Å². The Hall–Kier alpha value is -1.92. The molecule has 0 unspecified atom stereocenters. The summed E-state index contributed by atoms with van der Waals surface area (Å²) in [5.41, 5.74) is 2.31. The van der Waals surface area contributed by atoms with Gasteiger partial charge in [0.2, 0.25) is 11.8 Å². The van der Waals surface area contributed by atoms with Gasteiger partial charge in [0.05, 0.1) is 13.2 Å². The lowest BCUT2D eigenvalue weighted by Crippen LogP contribution is -2.30.